The minimum absolute atomic E-state index is 0.0226. The lowest BCUT2D eigenvalue weighted by Gasteiger charge is -2.35. The zero-order valence-electron chi connectivity index (χ0n) is 10.3. The molecule has 8 heteroatoms. The van der Waals surface area contributed by atoms with Crippen molar-refractivity contribution in [1.29, 1.82) is 0 Å². The van der Waals surface area contributed by atoms with Gasteiger partial charge in [0, 0.05) is 0 Å². The van der Waals surface area contributed by atoms with E-state index in [2.05, 4.69) is 0 Å². The summed E-state index contributed by atoms with van der Waals surface area (Å²) < 4.78 is 11.2. The van der Waals surface area contributed by atoms with E-state index in [0.717, 1.165) is 0 Å². The lowest BCUT2D eigenvalue weighted by molar-refractivity contribution is -0.139. The normalized spacial score (nSPS) is 18.5. The molecule has 7 N–H and O–H groups in total. The van der Waals surface area contributed by atoms with Crippen molar-refractivity contribution in [1.82, 2.24) is 0 Å². The molecule has 0 aliphatic heterocycles. The van der Waals surface area contributed by atoms with Crippen molar-refractivity contribution in [2.24, 2.45) is 16.9 Å². The highest BCUT2D eigenvalue weighted by Gasteiger charge is 2.43. The summed E-state index contributed by atoms with van der Waals surface area (Å²) in [5, 5.41) is 7.01. The first-order valence-corrected chi connectivity index (χ1v) is 6.73. The Morgan fingerprint density at radius 1 is 1.35 bits per heavy atom. The summed E-state index contributed by atoms with van der Waals surface area (Å²) in [5.74, 6) is -1.15. The van der Waals surface area contributed by atoms with Crippen LogP contribution >= 0.6 is 7.60 Å². The maximum absolute atomic E-state index is 11.2. The molecule has 0 aromatic carbocycles. The molecule has 102 valence electrons. The van der Waals surface area contributed by atoms with Crippen molar-refractivity contribution in [3.05, 3.63) is 0 Å². The molecule has 0 rings (SSSR count). The summed E-state index contributed by atoms with van der Waals surface area (Å²) in [6.07, 6.45) is 0.0698. The van der Waals surface area contributed by atoms with E-state index in [-0.39, 0.29) is 12.8 Å². The monoisotopic (exact) mass is 268 g/mol. The van der Waals surface area contributed by atoms with Gasteiger partial charge in [0.2, 0.25) is 0 Å². The van der Waals surface area contributed by atoms with Gasteiger partial charge in [-0.15, -0.1) is 0 Å². The Bertz CT molecular complexity index is 336. The van der Waals surface area contributed by atoms with Crippen LogP contribution in [0.15, 0.2) is 0 Å². The molecule has 0 bridgehead atoms. The van der Waals surface area contributed by atoms with Crippen molar-refractivity contribution in [3.8, 4) is 0 Å². The number of aliphatic carboxylic acids is 1. The molecule has 0 heterocycles. The molecule has 0 saturated carbocycles. The molecule has 0 radical (unpaired) electrons. The third kappa shape index (κ3) is 5.14. The van der Waals surface area contributed by atoms with Crippen molar-refractivity contribution in [3.63, 3.8) is 0 Å². The molecule has 0 aliphatic carbocycles. The summed E-state index contributed by atoms with van der Waals surface area (Å²) in [6, 6.07) is -1.07. The van der Waals surface area contributed by atoms with Gasteiger partial charge in [-0.1, -0.05) is 13.8 Å². The van der Waals surface area contributed by atoms with Crippen LogP contribution in [0.1, 0.15) is 33.6 Å². The van der Waals surface area contributed by atoms with Crippen molar-refractivity contribution in [2.75, 3.05) is 0 Å². The molecular weight excluding hydrogens is 247 g/mol. The molecular formula is C9H21N2O5P. The molecule has 0 aliphatic rings. The van der Waals surface area contributed by atoms with E-state index in [9.17, 15) is 9.36 Å². The smallest absolute Gasteiger partial charge is 0.344 e. The Labute approximate surface area is 100 Å². The Hall–Kier alpha value is -0.460. The van der Waals surface area contributed by atoms with Gasteiger partial charge in [0.15, 0.2) is 0 Å². The van der Waals surface area contributed by atoms with E-state index in [0.29, 0.717) is 0 Å². The number of carbonyl (C=O) groups is 1. The van der Waals surface area contributed by atoms with Gasteiger partial charge in [0.25, 0.3) is 0 Å². The largest absolute Gasteiger partial charge is 0.480 e. The average molecular weight is 268 g/mol. The van der Waals surface area contributed by atoms with E-state index >= 15 is 0 Å². The highest BCUT2D eigenvalue weighted by Crippen LogP contribution is 2.52. The fourth-order valence-corrected chi connectivity index (χ4v) is 2.46. The van der Waals surface area contributed by atoms with Gasteiger partial charge >= 0.3 is 13.6 Å². The third-order valence-corrected chi connectivity index (χ3v) is 4.08. The van der Waals surface area contributed by atoms with Gasteiger partial charge in [-0.25, -0.2) is 0 Å². The van der Waals surface area contributed by atoms with E-state index in [1.54, 1.807) is 13.8 Å². The summed E-state index contributed by atoms with van der Waals surface area (Å²) in [5.41, 5.74) is 10.3. The quantitative estimate of drug-likeness (QED) is 0.428. The molecule has 0 spiro atoms. The topological polar surface area (TPSA) is 147 Å². The first-order chi connectivity index (χ1) is 7.28. The number of hydrogen-bond donors (Lipinski definition) is 5. The summed E-state index contributed by atoms with van der Waals surface area (Å²) in [6.45, 7) is 4.61. The van der Waals surface area contributed by atoms with Gasteiger partial charge in [-0.05, 0) is 25.2 Å². The van der Waals surface area contributed by atoms with Crippen LogP contribution in [0.25, 0.3) is 0 Å². The molecule has 17 heavy (non-hydrogen) atoms. The lowest BCUT2D eigenvalue weighted by atomic mass is 9.80. The molecule has 0 fully saturated rings. The Morgan fingerprint density at radius 2 is 1.76 bits per heavy atom. The number of nitrogens with two attached hydrogens (primary N) is 2. The summed E-state index contributed by atoms with van der Waals surface area (Å²) >= 11 is 0. The second kappa shape index (κ2) is 5.04. The number of hydrogen-bond acceptors (Lipinski definition) is 4. The van der Waals surface area contributed by atoms with Crippen LogP contribution in [0.3, 0.4) is 0 Å². The SMILES string of the molecule is CC(C)(C[C@H](N)C(=O)O)CC(C)(N)P(=O)(O)O. The molecule has 1 unspecified atom stereocenters. The van der Waals surface area contributed by atoms with Crippen LogP contribution in [-0.4, -0.2) is 32.2 Å². The fraction of sp³-hybridized carbons (Fsp3) is 0.889. The van der Waals surface area contributed by atoms with E-state index in [1.165, 1.54) is 6.92 Å². The van der Waals surface area contributed by atoms with Crippen LogP contribution in [0.5, 0.6) is 0 Å². The number of rotatable bonds is 6. The Kier molecular flexibility index (Phi) is 4.90. The zero-order valence-corrected chi connectivity index (χ0v) is 11.1. The maximum atomic E-state index is 11.2. The van der Waals surface area contributed by atoms with E-state index in [4.69, 9.17) is 26.4 Å². The lowest BCUT2D eigenvalue weighted by Crippen LogP contribution is -2.43. The molecule has 0 amide bonds. The molecule has 7 nitrogen and oxygen atoms in total. The fourth-order valence-electron chi connectivity index (χ4n) is 1.83. The van der Waals surface area contributed by atoms with Crippen LogP contribution in [0.4, 0.5) is 0 Å². The van der Waals surface area contributed by atoms with Gasteiger partial charge in [-0.3, -0.25) is 9.36 Å². The molecule has 2 atom stereocenters. The minimum atomic E-state index is -4.44. The average Bonchev–Trinajstić information content (AvgIpc) is 1.97. The van der Waals surface area contributed by atoms with Crippen LogP contribution in [0, 0.1) is 5.41 Å². The van der Waals surface area contributed by atoms with Crippen LogP contribution in [0.2, 0.25) is 0 Å². The van der Waals surface area contributed by atoms with Crippen LogP contribution in [-0.2, 0) is 9.36 Å². The Morgan fingerprint density at radius 3 is 2.06 bits per heavy atom. The maximum Gasteiger partial charge on any atom is 0.344 e. The summed E-state index contributed by atoms with van der Waals surface area (Å²) in [7, 11) is -4.44. The van der Waals surface area contributed by atoms with Crippen molar-refractivity contribution in [2.45, 2.75) is 44.9 Å². The highest BCUT2D eigenvalue weighted by molar-refractivity contribution is 7.53. The van der Waals surface area contributed by atoms with Crippen LogP contribution < -0.4 is 11.5 Å². The highest BCUT2D eigenvalue weighted by atomic mass is 31.2. The van der Waals surface area contributed by atoms with Gasteiger partial charge in [-0.2, -0.15) is 0 Å². The zero-order chi connectivity index (χ0) is 14.1. The number of carboxylic acids is 1. The molecule has 0 aromatic rings. The molecule has 0 aromatic heterocycles. The van der Waals surface area contributed by atoms with Gasteiger partial charge < -0.3 is 26.4 Å². The standard InChI is InChI=1S/C9H21N2O5P/c1-8(2,4-6(10)7(12)13)5-9(3,11)17(14,15)16/h6H,4-5,10-11H2,1-3H3,(H,12,13)(H2,14,15,16)/t6-,9?/m0/s1. The summed E-state index contributed by atoms with van der Waals surface area (Å²) in [4.78, 5) is 28.8. The molecule has 0 saturated heterocycles. The first kappa shape index (κ1) is 16.5. The van der Waals surface area contributed by atoms with E-state index in [1.807, 2.05) is 0 Å². The Balaban J connectivity index is 4.77. The predicted molar refractivity (Wildman–Crippen MR) is 63.3 cm³/mol. The first-order valence-electron chi connectivity index (χ1n) is 5.11. The van der Waals surface area contributed by atoms with Crippen molar-refractivity contribution < 1.29 is 24.3 Å². The van der Waals surface area contributed by atoms with Gasteiger partial charge in [0.1, 0.15) is 11.3 Å². The van der Waals surface area contributed by atoms with Crippen molar-refractivity contribution >= 4 is 13.6 Å². The second-order valence-electron chi connectivity index (χ2n) is 5.39. The van der Waals surface area contributed by atoms with Gasteiger partial charge in [0.05, 0.1) is 0 Å². The third-order valence-electron chi connectivity index (χ3n) is 2.59. The predicted octanol–water partition coefficient (Wildman–Crippen LogP) is 0.0573. The second-order valence-corrected chi connectivity index (χ2v) is 7.50. The van der Waals surface area contributed by atoms with E-state index < -0.39 is 30.3 Å². The minimum Gasteiger partial charge on any atom is -0.480 e. The number of carboxylic acid groups (broad SMARTS) is 1.